The molecular formula is C21H29NO2. The predicted molar refractivity (Wildman–Crippen MR) is 96.8 cm³/mol. The molecule has 0 bridgehead atoms. The van der Waals surface area contributed by atoms with Gasteiger partial charge in [-0.1, -0.05) is 49.4 Å². The smallest absolute Gasteiger partial charge is 0.314 e. The molecule has 0 unspecified atom stereocenters. The molecule has 0 N–H and O–H groups in total. The molecule has 0 saturated carbocycles. The fourth-order valence-corrected chi connectivity index (χ4v) is 3.93. The first kappa shape index (κ1) is 17.2. The quantitative estimate of drug-likeness (QED) is 0.584. The predicted octanol–water partition coefficient (Wildman–Crippen LogP) is 4.01. The van der Waals surface area contributed by atoms with E-state index in [0.717, 1.165) is 50.4 Å². The van der Waals surface area contributed by atoms with E-state index in [-0.39, 0.29) is 17.8 Å². The Bertz CT molecular complexity index is 554. The Hall–Kier alpha value is -1.61. The van der Waals surface area contributed by atoms with Crippen LogP contribution < -0.4 is 0 Å². The number of hydrogen-bond acceptors (Lipinski definition) is 3. The van der Waals surface area contributed by atoms with E-state index in [0.29, 0.717) is 6.61 Å². The number of nitrogens with zero attached hydrogens (tertiary/aromatic N) is 1. The van der Waals surface area contributed by atoms with Gasteiger partial charge in [0.25, 0.3) is 0 Å². The molecule has 1 heterocycles. The third-order valence-electron chi connectivity index (χ3n) is 5.29. The van der Waals surface area contributed by atoms with E-state index in [4.69, 9.17) is 4.74 Å². The van der Waals surface area contributed by atoms with Crippen LogP contribution >= 0.6 is 0 Å². The number of rotatable bonds is 6. The van der Waals surface area contributed by atoms with Crippen molar-refractivity contribution in [1.29, 1.82) is 0 Å². The van der Waals surface area contributed by atoms with Gasteiger partial charge in [-0.3, -0.25) is 9.69 Å². The average Bonchev–Trinajstić information content (AvgIpc) is 3.02. The Kier molecular flexibility index (Phi) is 6.08. The summed E-state index contributed by atoms with van der Waals surface area (Å²) in [5, 5.41) is 0. The summed E-state index contributed by atoms with van der Waals surface area (Å²) in [7, 11) is 0. The Balaban J connectivity index is 1.60. The lowest BCUT2D eigenvalue weighted by Gasteiger charge is -2.26. The first-order chi connectivity index (χ1) is 11.7. The molecule has 1 aromatic carbocycles. The number of likely N-dealkylation sites (tertiary alicyclic amines) is 1. The van der Waals surface area contributed by atoms with Gasteiger partial charge in [-0.25, -0.2) is 0 Å². The summed E-state index contributed by atoms with van der Waals surface area (Å²) in [6, 6.07) is 10.1. The van der Waals surface area contributed by atoms with Crippen LogP contribution in [-0.4, -0.2) is 37.1 Å². The van der Waals surface area contributed by atoms with Gasteiger partial charge in [-0.15, -0.1) is 0 Å². The maximum absolute atomic E-state index is 12.8. The van der Waals surface area contributed by atoms with Crippen LogP contribution in [0, 0.1) is 11.8 Å². The van der Waals surface area contributed by atoms with Crippen LogP contribution in [-0.2, 0) is 9.53 Å². The van der Waals surface area contributed by atoms with Crippen molar-refractivity contribution in [3.05, 3.63) is 48.0 Å². The molecule has 1 fully saturated rings. The number of benzene rings is 1. The number of allylic oxidation sites excluding steroid dienone is 2. The largest absolute Gasteiger partial charge is 0.464 e. The fourth-order valence-electron chi connectivity index (χ4n) is 3.93. The standard InChI is InChI=1S/C21H29NO2/c1-17-12-13-22(16-17)14-15-24-21(23)20(18-8-4-2-5-9-18)19-10-6-3-7-11-19/h2,4-6,8-10,17,19-20H,3,7,11-16H2,1H3/t17-,19-,20-/m0/s1. The van der Waals surface area contributed by atoms with Crippen molar-refractivity contribution in [3.8, 4) is 0 Å². The van der Waals surface area contributed by atoms with Crippen LogP contribution in [0.2, 0.25) is 0 Å². The molecule has 1 aromatic rings. The Labute approximate surface area is 145 Å². The van der Waals surface area contributed by atoms with Crippen molar-refractivity contribution in [2.45, 2.75) is 38.5 Å². The SMILES string of the molecule is C[C@H]1CCN(CCOC(=O)[C@@H](c2ccccc2)[C@H]2C=CCCC2)C1. The van der Waals surface area contributed by atoms with Crippen molar-refractivity contribution < 1.29 is 9.53 Å². The molecular weight excluding hydrogens is 298 g/mol. The highest BCUT2D eigenvalue weighted by molar-refractivity contribution is 5.79. The van der Waals surface area contributed by atoms with Crippen molar-refractivity contribution >= 4 is 5.97 Å². The van der Waals surface area contributed by atoms with E-state index < -0.39 is 0 Å². The summed E-state index contributed by atoms with van der Waals surface area (Å²) >= 11 is 0. The van der Waals surface area contributed by atoms with Gasteiger partial charge in [0.1, 0.15) is 6.61 Å². The summed E-state index contributed by atoms with van der Waals surface area (Å²) in [5.74, 6) is 0.802. The lowest BCUT2D eigenvalue weighted by Crippen LogP contribution is -2.29. The zero-order valence-electron chi connectivity index (χ0n) is 14.7. The summed E-state index contributed by atoms with van der Waals surface area (Å²) in [4.78, 5) is 15.2. The van der Waals surface area contributed by atoms with Gasteiger partial charge in [0, 0.05) is 13.1 Å². The molecule has 0 aromatic heterocycles. The molecule has 1 saturated heterocycles. The minimum Gasteiger partial charge on any atom is -0.464 e. The molecule has 0 radical (unpaired) electrons. The molecule has 3 atom stereocenters. The number of esters is 1. The molecule has 24 heavy (non-hydrogen) atoms. The van der Waals surface area contributed by atoms with Crippen molar-refractivity contribution in [2.24, 2.45) is 11.8 Å². The maximum atomic E-state index is 12.8. The highest BCUT2D eigenvalue weighted by atomic mass is 16.5. The minimum absolute atomic E-state index is 0.0648. The summed E-state index contributed by atoms with van der Waals surface area (Å²) in [6.07, 6.45) is 9.03. The molecule has 3 nitrogen and oxygen atoms in total. The van der Waals surface area contributed by atoms with Gasteiger partial charge >= 0.3 is 5.97 Å². The second kappa shape index (κ2) is 8.48. The van der Waals surface area contributed by atoms with Crippen LogP contribution in [0.3, 0.4) is 0 Å². The van der Waals surface area contributed by atoms with E-state index in [2.05, 4.69) is 36.1 Å². The van der Waals surface area contributed by atoms with E-state index in [1.165, 1.54) is 6.42 Å². The topological polar surface area (TPSA) is 29.5 Å². The first-order valence-electron chi connectivity index (χ1n) is 9.34. The molecule has 1 aliphatic heterocycles. The minimum atomic E-state index is -0.166. The molecule has 3 rings (SSSR count). The Morgan fingerprint density at radius 1 is 1.29 bits per heavy atom. The number of ether oxygens (including phenoxy) is 1. The molecule has 0 amide bonds. The van der Waals surface area contributed by atoms with E-state index in [9.17, 15) is 4.79 Å². The van der Waals surface area contributed by atoms with Crippen LogP contribution in [0.5, 0.6) is 0 Å². The summed E-state index contributed by atoms with van der Waals surface area (Å²) < 4.78 is 5.69. The van der Waals surface area contributed by atoms with Crippen LogP contribution in [0.1, 0.15) is 44.1 Å². The normalized spacial score (nSPS) is 25.5. The lowest BCUT2D eigenvalue weighted by molar-refractivity contribution is -0.147. The first-order valence-corrected chi connectivity index (χ1v) is 9.34. The molecule has 0 spiro atoms. The molecule has 2 aliphatic rings. The summed E-state index contributed by atoms with van der Waals surface area (Å²) in [5.41, 5.74) is 1.08. The maximum Gasteiger partial charge on any atom is 0.314 e. The summed E-state index contributed by atoms with van der Waals surface area (Å²) in [6.45, 7) is 5.91. The van der Waals surface area contributed by atoms with E-state index in [1.807, 2.05) is 18.2 Å². The lowest BCUT2D eigenvalue weighted by atomic mass is 9.80. The average molecular weight is 327 g/mol. The Morgan fingerprint density at radius 2 is 2.12 bits per heavy atom. The number of hydrogen-bond donors (Lipinski definition) is 0. The Morgan fingerprint density at radius 3 is 2.79 bits per heavy atom. The van der Waals surface area contributed by atoms with Gasteiger partial charge in [-0.05, 0) is 49.6 Å². The van der Waals surface area contributed by atoms with E-state index >= 15 is 0 Å². The van der Waals surface area contributed by atoms with Gasteiger partial charge in [-0.2, -0.15) is 0 Å². The van der Waals surface area contributed by atoms with Crippen molar-refractivity contribution in [1.82, 2.24) is 4.90 Å². The van der Waals surface area contributed by atoms with E-state index in [1.54, 1.807) is 0 Å². The molecule has 3 heteroatoms. The second-order valence-electron chi connectivity index (χ2n) is 7.27. The van der Waals surface area contributed by atoms with Crippen molar-refractivity contribution in [2.75, 3.05) is 26.2 Å². The third-order valence-corrected chi connectivity index (χ3v) is 5.29. The monoisotopic (exact) mass is 327 g/mol. The van der Waals surface area contributed by atoms with Crippen LogP contribution in [0.25, 0.3) is 0 Å². The molecule has 130 valence electrons. The number of carbonyl (C=O) groups excluding carboxylic acids is 1. The number of carbonyl (C=O) groups is 1. The second-order valence-corrected chi connectivity index (χ2v) is 7.27. The highest BCUT2D eigenvalue weighted by Gasteiger charge is 2.30. The van der Waals surface area contributed by atoms with Gasteiger partial charge in [0.15, 0.2) is 0 Å². The highest BCUT2D eigenvalue weighted by Crippen LogP contribution is 2.33. The van der Waals surface area contributed by atoms with Crippen LogP contribution in [0.4, 0.5) is 0 Å². The van der Waals surface area contributed by atoms with Crippen molar-refractivity contribution in [3.63, 3.8) is 0 Å². The molecule has 1 aliphatic carbocycles. The third kappa shape index (κ3) is 4.47. The van der Waals surface area contributed by atoms with Crippen LogP contribution in [0.15, 0.2) is 42.5 Å². The zero-order valence-corrected chi connectivity index (χ0v) is 14.7. The van der Waals surface area contributed by atoms with Gasteiger partial charge in [0.05, 0.1) is 5.92 Å². The zero-order chi connectivity index (χ0) is 16.8. The fraction of sp³-hybridized carbons (Fsp3) is 0.571. The van der Waals surface area contributed by atoms with Gasteiger partial charge < -0.3 is 4.74 Å². The van der Waals surface area contributed by atoms with Gasteiger partial charge in [0.2, 0.25) is 0 Å².